The third-order valence-electron chi connectivity index (χ3n) is 3.17. The van der Waals surface area contributed by atoms with Crippen LogP contribution in [-0.4, -0.2) is 22.4 Å². The van der Waals surface area contributed by atoms with Crippen molar-refractivity contribution in [2.24, 2.45) is 0 Å². The van der Waals surface area contributed by atoms with Gasteiger partial charge in [-0.05, 0) is 30.7 Å². The number of nitrogens with one attached hydrogen (secondary N) is 2. The van der Waals surface area contributed by atoms with Gasteiger partial charge in [0.25, 0.3) is 0 Å². The molecule has 130 valence electrons. The highest BCUT2D eigenvalue weighted by atomic mass is 35.5. The molecule has 0 unspecified atom stereocenters. The van der Waals surface area contributed by atoms with Crippen LogP contribution in [0.3, 0.4) is 0 Å². The first kappa shape index (κ1) is 18.1. The summed E-state index contributed by atoms with van der Waals surface area (Å²) in [6, 6.07) is 5.04. The Morgan fingerprint density at radius 3 is 2.54 bits per heavy atom. The van der Waals surface area contributed by atoms with Crippen molar-refractivity contribution in [1.82, 2.24) is 15.1 Å². The molecule has 1 heterocycles. The van der Waals surface area contributed by atoms with Crippen LogP contribution >= 0.6 is 11.6 Å². The second-order valence-corrected chi connectivity index (χ2v) is 5.46. The maximum absolute atomic E-state index is 13.4. The first-order valence-electron chi connectivity index (χ1n) is 7.29. The van der Waals surface area contributed by atoms with Gasteiger partial charge in [-0.15, -0.1) is 0 Å². The third-order valence-corrected chi connectivity index (χ3v) is 3.42. The summed E-state index contributed by atoms with van der Waals surface area (Å²) >= 11 is 5.75. The number of rotatable bonds is 5. The lowest BCUT2D eigenvalue weighted by Gasteiger charge is -2.13. The lowest BCUT2D eigenvalue weighted by Crippen LogP contribution is -2.30. The van der Waals surface area contributed by atoms with Gasteiger partial charge in [-0.3, -0.25) is 0 Å². The van der Waals surface area contributed by atoms with Crippen molar-refractivity contribution in [1.29, 1.82) is 0 Å². The number of hydrogen-bond acceptors (Lipinski definition) is 2. The van der Waals surface area contributed by atoms with E-state index in [2.05, 4.69) is 15.7 Å². The van der Waals surface area contributed by atoms with Crippen LogP contribution in [0.5, 0.6) is 0 Å². The number of carbonyl (C=O) groups is 1. The standard InChI is InChI=1S/C15H16ClF3N4O/c1-2-3-8-20-14(24)22-12-9-21-23(13(12)15(17,18)19)11-6-4-10(16)5-7-11/h4-7,9H,2-3,8H2,1H3,(H2,20,22,24). The smallest absolute Gasteiger partial charge is 0.338 e. The molecule has 0 atom stereocenters. The molecule has 1 aromatic carbocycles. The van der Waals surface area contributed by atoms with Gasteiger partial charge >= 0.3 is 12.2 Å². The summed E-state index contributed by atoms with van der Waals surface area (Å²) in [5.74, 6) is 0. The summed E-state index contributed by atoms with van der Waals surface area (Å²) in [7, 11) is 0. The zero-order valence-corrected chi connectivity index (χ0v) is 13.6. The molecule has 0 fully saturated rings. The van der Waals surface area contributed by atoms with Gasteiger partial charge in [0.2, 0.25) is 0 Å². The fraction of sp³-hybridized carbons (Fsp3) is 0.333. The summed E-state index contributed by atoms with van der Waals surface area (Å²) < 4.78 is 40.9. The lowest BCUT2D eigenvalue weighted by atomic mass is 10.3. The van der Waals surface area contributed by atoms with E-state index in [4.69, 9.17) is 11.6 Å². The molecule has 0 aliphatic rings. The Balaban J connectivity index is 2.29. The molecule has 9 heteroatoms. The van der Waals surface area contributed by atoms with Crippen molar-refractivity contribution in [2.75, 3.05) is 11.9 Å². The van der Waals surface area contributed by atoms with Crippen LogP contribution in [0.25, 0.3) is 5.69 Å². The molecule has 0 aliphatic carbocycles. The Morgan fingerprint density at radius 2 is 1.96 bits per heavy atom. The predicted molar refractivity (Wildman–Crippen MR) is 85.5 cm³/mol. The Labute approximate surface area is 141 Å². The SMILES string of the molecule is CCCCNC(=O)Nc1cnn(-c2ccc(Cl)cc2)c1C(F)(F)F. The zero-order chi connectivity index (χ0) is 17.7. The molecule has 0 saturated heterocycles. The first-order chi connectivity index (χ1) is 11.3. The number of urea groups is 1. The third kappa shape index (κ3) is 4.41. The lowest BCUT2D eigenvalue weighted by molar-refractivity contribution is -0.142. The van der Waals surface area contributed by atoms with Gasteiger partial charge in [0, 0.05) is 11.6 Å². The topological polar surface area (TPSA) is 59.0 Å². The highest BCUT2D eigenvalue weighted by Gasteiger charge is 2.39. The van der Waals surface area contributed by atoms with E-state index in [9.17, 15) is 18.0 Å². The number of alkyl halides is 3. The van der Waals surface area contributed by atoms with E-state index in [-0.39, 0.29) is 5.69 Å². The molecule has 0 radical (unpaired) electrons. The van der Waals surface area contributed by atoms with Gasteiger partial charge in [0.05, 0.1) is 17.6 Å². The molecule has 1 aromatic heterocycles. The highest BCUT2D eigenvalue weighted by molar-refractivity contribution is 6.30. The van der Waals surface area contributed by atoms with Gasteiger partial charge in [-0.1, -0.05) is 24.9 Å². The first-order valence-corrected chi connectivity index (χ1v) is 7.66. The van der Waals surface area contributed by atoms with Crippen molar-refractivity contribution >= 4 is 23.3 Å². The fourth-order valence-electron chi connectivity index (χ4n) is 2.04. The number of nitrogens with zero attached hydrogens (tertiary/aromatic N) is 2. The summed E-state index contributed by atoms with van der Waals surface area (Å²) in [6.45, 7) is 2.33. The summed E-state index contributed by atoms with van der Waals surface area (Å²) in [5.41, 5.74) is -1.28. The minimum Gasteiger partial charge on any atom is -0.338 e. The van der Waals surface area contributed by atoms with Gasteiger partial charge in [0.1, 0.15) is 0 Å². The number of carbonyl (C=O) groups excluding carboxylic acids is 1. The van der Waals surface area contributed by atoms with E-state index in [1.807, 2.05) is 6.92 Å². The van der Waals surface area contributed by atoms with Crippen LogP contribution in [0.1, 0.15) is 25.5 Å². The van der Waals surface area contributed by atoms with Crippen LogP contribution in [0, 0.1) is 0 Å². The van der Waals surface area contributed by atoms with Crippen LogP contribution in [0.2, 0.25) is 5.02 Å². The summed E-state index contributed by atoms with van der Waals surface area (Å²) in [5, 5.41) is 8.83. The number of amides is 2. The second-order valence-electron chi connectivity index (χ2n) is 5.03. The van der Waals surface area contributed by atoms with Gasteiger partial charge < -0.3 is 10.6 Å². The van der Waals surface area contributed by atoms with E-state index in [0.717, 1.165) is 23.7 Å². The minimum atomic E-state index is -4.69. The minimum absolute atomic E-state index is 0.186. The largest absolute Gasteiger partial charge is 0.435 e. The normalized spacial score (nSPS) is 11.4. The monoisotopic (exact) mass is 360 g/mol. The molecular weight excluding hydrogens is 345 g/mol. The summed E-state index contributed by atoms with van der Waals surface area (Å²) in [6.07, 6.45) is -2.12. The Kier molecular flexibility index (Phi) is 5.71. The fourth-order valence-corrected chi connectivity index (χ4v) is 2.16. The second kappa shape index (κ2) is 7.57. The van der Waals surface area contributed by atoms with Gasteiger partial charge in [0.15, 0.2) is 5.69 Å². The van der Waals surface area contributed by atoms with Crippen molar-refractivity contribution in [2.45, 2.75) is 25.9 Å². The molecule has 0 bridgehead atoms. The quantitative estimate of drug-likeness (QED) is 0.773. The van der Waals surface area contributed by atoms with Crippen molar-refractivity contribution in [3.63, 3.8) is 0 Å². The van der Waals surface area contributed by atoms with E-state index >= 15 is 0 Å². The molecule has 24 heavy (non-hydrogen) atoms. The number of benzene rings is 1. The van der Waals surface area contributed by atoms with Crippen LogP contribution < -0.4 is 10.6 Å². The molecular formula is C15H16ClF3N4O. The molecule has 2 rings (SSSR count). The maximum Gasteiger partial charge on any atom is 0.435 e. The van der Waals surface area contributed by atoms with Crippen LogP contribution in [0.15, 0.2) is 30.5 Å². The van der Waals surface area contributed by atoms with Gasteiger partial charge in [-0.2, -0.15) is 18.3 Å². The maximum atomic E-state index is 13.4. The molecule has 2 aromatic rings. The Morgan fingerprint density at radius 1 is 1.29 bits per heavy atom. The zero-order valence-electron chi connectivity index (χ0n) is 12.8. The number of halogens is 4. The Bertz CT molecular complexity index is 698. The average Bonchev–Trinajstić information content (AvgIpc) is 2.92. The van der Waals surface area contributed by atoms with E-state index < -0.39 is 23.6 Å². The highest BCUT2D eigenvalue weighted by Crippen LogP contribution is 2.36. The van der Waals surface area contributed by atoms with E-state index in [0.29, 0.717) is 11.6 Å². The number of hydrogen-bond donors (Lipinski definition) is 2. The molecule has 2 N–H and O–H groups in total. The number of unbranched alkanes of at least 4 members (excludes halogenated alkanes) is 1. The number of aromatic nitrogens is 2. The summed E-state index contributed by atoms with van der Waals surface area (Å²) in [4.78, 5) is 11.7. The number of anilines is 1. The average molecular weight is 361 g/mol. The molecule has 2 amide bonds. The van der Waals surface area contributed by atoms with Gasteiger partial charge in [-0.25, -0.2) is 9.48 Å². The van der Waals surface area contributed by atoms with E-state index in [1.165, 1.54) is 24.3 Å². The molecule has 0 saturated carbocycles. The van der Waals surface area contributed by atoms with Crippen molar-refractivity contribution < 1.29 is 18.0 Å². The molecule has 0 aliphatic heterocycles. The van der Waals surface area contributed by atoms with Crippen LogP contribution in [0.4, 0.5) is 23.7 Å². The molecule has 0 spiro atoms. The van der Waals surface area contributed by atoms with Crippen molar-refractivity contribution in [3.05, 3.63) is 41.2 Å². The van der Waals surface area contributed by atoms with E-state index in [1.54, 1.807) is 0 Å². The molecule has 5 nitrogen and oxygen atoms in total. The Hall–Kier alpha value is -2.22. The predicted octanol–water partition coefficient (Wildman–Crippen LogP) is 4.47. The van der Waals surface area contributed by atoms with Crippen LogP contribution in [-0.2, 0) is 6.18 Å². The van der Waals surface area contributed by atoms with Crippen molar-refractivity contribution in [3.8, 4) is 5.69 Å².